The van der Waals surface area contributed by atoms with Crippen molar-refractivity contribution in [2.24, 2.45) is 11.7 Å². The first-order chi connectivity index (χ1) is 18.0. The van der Waals surface area contributed by atoms with E-state index in [0.29, 0.717) is 31.4 Å². The first-order valence-electron chi connectivity index (χ1n) is 12.5. The van der Waals surface area contributed by atoms with Gasteiger partial charge in [0, 0.05) is 36.6 Å². The van der Waals surface area contributed by atoms with E-state index in [1.165, 1.54) is 17.0 Å². The number of urea groups is 1. The van der Waals surface area contributed by atoms with Crippen LogP contribution in [-0.4, -0.2) is 45.4 Å². The summed E-state index contributed by atoms with van der Waals surface area (Å²) in [5.41, 5.74) is 8.52. The largest absolute Gasteiger partial charge is 0.352 e. The molecule has 4 N–H and O–H groups in total. The maximum Gasteiger partial charge on any atom is 0.325 e. The van der Waals surface area contributed by atoms with Crippen LogP contribution < -0.4 is 16.4 Å². The van der Waals surface area contributed by atoms with E-state index in [2.05, 4.69) is 51.5 Å². The Kier molecular flexibility index (Phi) is 8.49. The zero-order valence-corrected chi connectivity index (χ0v) is 24.2. The Bertz CT molecular complexity index is 1330. The molecule has 1 aliphatic heterocycles. The predicted octanol–water partition coefficient (Wildman–Crippen LogP) is 5.49. The summed E-state index contributed by atoms with van der Waals surface area (Å²) in [5.74, 6) is 0.271. The number of nitrogens with zero attached hydrogens (tertiary/aromatic N) is 3. The normalized spacial score (nSPS) is 15.7. The van der Waals surface area contributed by atoms with Crippen molar-refractivity contribution in [3.8, 4) is 10.6 Å². The predicted molar refractivity (Wildman–Crippen MR) is 151 cm³/mol. The smallest absolute Gasteiger partial charge is 0.325 e. The molecular formula is C27H32BrFN6O2S. The van der Waals surface area contributed by atoms with Gasteiger partial charge in [-0.25, -0.2) is 19.2 Å². The lowest BCUT2D eigenvalue weighted by molar-refractivity contribution is -0.125. The molecule has 3 heterocycles. The number of anilines is 1. The number of amides is 3. The SMILES string of the molecule is CC(C)CC(N)c1cc(-c2nc(NCCN3C(=O)NC(=O)C3(C)C)ncc2Br)sc1Cc1ccc(F)cc1. The number of imide groups is 1. The third-order valence-electron chi connectivity index (χ3n) is 6.54. The zero-order chi connectivity index (χ0) is 27.6. The van der Waals surface area contributed by atoms with Crippen molar-refractivity contribution in [2.45, 2.75) is 52.1 Å². The molecule has 8 nitrogen and oxygen atoms in total. The molecule has 4 rings (SSSR count). The fourth-order valence-corrected chi connectivity index (χ4v) is 6.22. The highest BCUT2D eigenvalue weighted by Crippen LogP contribution is 2.39. The molecule has 1 saturated heterocycles. The first-order valence-corrected chi connectivity index (χ1v) is 14.1. The number of halogens is 2. The molecule has 3 aromatic rings. The van der Waals surface area contributed by atoms with E-state index >= 15 is 0 Å². The third kappa shape index (κ3) is 6.22. The molecule has 1 atom stereocenters. The summed E-state index contributed by atoms with van der Waals surface area (Å²) in [5, 5.41) is 5.51. The van der Waals surface area contributed by atoms with Gasteiger partial charge in [-0.05, 0) is 71.4 Å². The topological polar surface area (TPSA) is 113 Å². The minimum Gasteiger partial charge on any atom is -0.352 e. The second-order valence-corrected chi connectivity index (χ2v) is 12.3. The van der Waals surface area contributed by atoms with Gasteiger partial charge >= 0.3 is 6.03 Å². The number of thiophene rings is 1. The Hall–Kier alpha value is -2.89. The number of carbonyl (C=O) groups is 2. The van der Waals surface area contributed by atoms with Crippen molar-refractivity contribution >= 4 is 45.2 Å². The van der Waals surface area contributed by atoms with E-state index in [0.717, 1.165) is 37.5 Å². The van der Waals surface area contributed by atoms with Gasteiger partial charge in [0.05, 0.1) is 15.0 Å². The maximum atomic E-state index is 13.5. The molecule has 0 radical (unpaired) electrons. The van der Waals surface area contributed by atoms with E-state index in [-0.39, 0.29) is 17.8 Å². The number of rotatable bonds is 10. The third-order valence-corrected chi connectivity index (χ3v) is 8.27. The van der Waals surface area contributed by atoms with Crippen molar-refractivity contribution in [1.29, 1.82) is 0 Å². The summed E-state index contributed by atoms with van der Waals surface area (Å²) in [6, 6.07) is 8.09. The lowest BCUT2D eigenvalue weighted by Gasteiger charge is -2.27. The summed E-state index contributed by atoms with van der Waals surface area (Å²) in [6.45, 7) is 8.40. The summed E-state index contributed by atoms with van der Waals surface area (Å²) in [4.78, 5) is 36.8. The van der Waals surface area contributed by atoms with Gasteiger partial charge in [0.2, 0.25) is 5.95 Å². The second kappa shape index (κ2) is 11.5. The van der Waals surface area contributed by atoms with Crippen molar-refractivity contribution in [3.05, 3.63) is 62.8 Å². The van der Waals surface area contributed by atoms with Crippen LogP contribution in [0.2, 0.25) is 0 Å². The van der Waals surface area contributed by atoms with Gasteiger partial charge in [0.15, 0.2) is 0 Å². The molecule has 0 saturated carbocycles. The van der Waals surface area contributed by atoms with Crippen LogP contribution in [0.3, 0.4) is 0 Å². The van der Waals surface area contributed by atoms with Gasteiger partial charge in [-0.3, -0.25) is 10.1 Å². The van der Waals surface area contributed by atoms with Crippen molar-refractivity contribution in [3.63, 3.8) is 0 Å². The van der Waals surface area contributed by atoms with Crippen LogP contribution in [0.15, 0.2) is 41.0 Å². The summed E-state index contributed by atoms with van der Waals surface area (Å²) < 4.78 is 14.2. The molecule has 1 unspecified atom stereocenters. The van der Waals surface area contributed by atoms with Gasteiger partial charge in [-0.1, -0.05) is 26.0 Å². The summed E-state index contributed by atoms with van der Waals surface area (Å²) in [6.07, 6.45) is 3.17. The van der Waals surface area contributed by atoms with Crippen LogP contribution in [-0.2, 0) is 11.2 Å². The van der Waals surface area contributed by atoms with Crippen molar-refractivity contribution in [1.82, 2.24) is 20.2 Å². The standard InChI is InChI=1S/C27H32BrFN6O2S/c1-15(2)11-20(30)18-13-22(38-21(18)12-16-5-7-17(29)8-6-16)23-19(28)14-32-25(33-23)31-9-10-35-26(37)34-24(36)27(35,3)4/h5-8,13-15,20H,9-12,30H2,1-4H3,(H,31,32,33)(H,34,36,37). The number of nitrogens with one attached hydrogen (secondary N) is 2. The fraction of sp³-hybridized carbons (Fsp3) is 0.407. The molecular weight excluding hydrogens is 571 g/mol. The molecule has 0 aliphatic carbocycles. The van der Waals surface area contributed by atoms with E-state index in [1.807, 2.05) is 0 Å². The highest BCUT2D eigenvalue weighted by Gasteiger charge is 2.45. The van der Waals surface area contributed by atoms with Gasteiger partial charge in [0.25, 0.3) is 5.91 Å². The minimum atomic E-state index is -0.909. The maximum absolute atomic E-state index is 13.5. The molecule has 11 heteroatoms. The average molecular weight is 604 g/mol. The Balaban J connectivity index is 1.57. The molecule has 0 bridgehead atoms. The van der Waals surface area contributed by atoms with Crippen LogP contribution in [0.5, 0.6) is 0 Å². The molecule has 2 aromatic heterocycles. The number of carbonyl (C=O) groups excluding carboxylic acids is 2. The van der Waals surface area contributed by atoms with E-state index in [4.69, 9.17) is 10.7 Å². The molecule has 1 aliphatic rings. The Labute approximate surface area is 234 Å². The van der Waals surface area contributed by atoms with Gasteiger partial charge in [0.1, 0.15) is 11.4 Å². The van der Waals surface area contributed by atoms with Crippen molar-refractivity contribution in [2.75, 3.05) is 18.4 Å². The van der Waals surface area contributed by atoms with Crippen LogP contribution in [0, 0.1) is 11.7 Å². The van der Waals surface area contributed by atoms with E-state index < -0.39 is 11.6 Å². The molecule has 0 spiro atoms. The monoisotopic (exact) mass is 602 g/mol. The van der Waals surface area contributed by atoms with Gasteiger partial charge in [-0.2, -0.15) is 0 Å². The first kappa shape index (κ1) is 28.1. The molecule has 1 fully saturated rings. The highest BCUT2D eigenvalue weighted by atomic mass is 79.9. The van der Waals surface area contributed by atoms with E-state index in [1.54, 1.807) is 43.5 Å². The van der Waals surface area contributed by atoms with Crippen LogP contribution >= 0.6 is 27.3 Å². The fourth-order valence-electron chi connectivity index (χ4n) is 4.41. The molecule has 202 valence electrons. The number of aromatic nitrogens is 2. The Morgan fingerprint density at radius 2 is 1.95 bits per heavy atom. The number of hydrogen-bond donors (Lipinski definition) is 3. The molecule has 1 aromatic carbocycles. The zero-order valence-electron chi connectivity index (χ0n) is 21.8. The van der Waals surface area contributed by atoms with Gasteiger partial charge in [-0.15, -0.1) is 11.3 Å². The summed E-state index contributed by atoms with van der Waals surface area (Å²) >= 11 is 5.20. The number of hydrogen-bond acceptors (Lipinski definition) is 7. The van der Waals surface area contributed by atoms with E-state index in [9.17, 15) is 14.0 Å². The second-order valence-electron chi connectivity index (χ2n) is 10.3. The summed E-state index contributed by atoms with van der Waals surface area (Å²) in [7, 11) is 0. The van der Waals surface area contributed by atoms with Crippen LogP contribution in [0.25, 0.3) is 10.6 Å². The molecule has 38 heavy (non-hydrogen) atoms. The number of benzene rings is 1. The Morgan fingerprint density at radius 1 is 1.24 bits per heavy atom. The highest BCUT2D eigenvalue weighted by molar-refractivity contribution is 9.10. The number of nitrogens with two attached hydrogens (primary N) is 1. The quantitative estimate of drug-likeness (QED) is 0.265. The van der Waals surface area contributed by atoms with Crippen molar-refractivity contribution < 1.29 is 14.0 Å². The lowest BCUT2D eigenvalue weighted by atomic mass is 9.96. The average Bonchev–Trinajstić information content (AvgIpc) is 3.34. The Morgan fingerprint density at radius 3 is 2.58 bits per heavy atom. The van der Waals surface area contributed by atoms with Crippen LogP contribution in [0.1, 0.15) is 56.2 Å². The van der Waals surface area contributed by atoms with Gasteiger partial charge < -0.3 is 16.0 Å². The minimum absolute atomic E-state index is 0.133. The molecule has 3 amide bonds. The van der Waals surface area contributed by atoms with Crippen LogP contribution in [0.4, 0.5) is 15.1 Å². The lowest BCUT2D eigenvalue weighted by Crippen LogP contribution is -2.46.